The molecule has 30 heavy (non-hydrogen) atoms. The minimum absolute atomic E-state index is 0.0952. The first kappa shape index (κ1) is 20.3. The molecule has 0 atom stereocenters. The fourth-order valence-corrected chi connectivity index (χ4v) is 3.94. The van der Waals surface area contributed by atoms with Crippen molar-refractivity contribution in [2.75, 3.05) is 26.2 Å². The average molecular weight is 409 g/mol. The zero-order chi connectivity index (χ0) is 20.9. The summed E-state index contributed by atoms with van der Waals surface area (Å²) in [5.41, 5.74) is 1.73. The zero-order valence-corrected chi connectivity index (χ0v) is 17.4. The van der Waals surface area contributed by atoms with E-state index in [-0.39, 0.29) is 18.0 Å². The molecule has 1 fully saturated rings. The second-order valence-electron chi connectivity index (χ2n) is 7.81. The largest absolute Gasteiger partial charge is 0.353 e. The predicted molar refractivity (Wildman–Crippen MR) is 115 cm³/mol. The standard InChI is InChI=1S/C22H28N6O2/c1-17-24-27(16-21(29)23-11-14-26-12-7-2-3-8-13-26)22(30)20-15-19(25-28(17)20)18-9-5-4-6-10-18/h4-6,9-10,15H,2-3,7-8,11-14,16H2,1H3,(H,23,29). The highest BCUT2D eigenvalue weighted by Gasteiger charge is 2.15. The Bertz CT molecular complexity index is 1060. The van der Waals surface area contributed by atoms with Gasteiger partial charge in [0.1, 0.15) is 17.9 Å². The van der Waals surface area contributed by atoms with Gasteiger partial charge in [0.2, 0.25) is 5.91 Å². The number of rotatable bonds is 6. The van der Waals surface area contributed by atoms with Gasteiger partial charge in [-0.1, -0.05) is 43.2 Å². The van der Waals surface area contributed by atoms with Crippen molar-refractivity contribution in [3.05, 3.63) is 52.6 Å². The molecular formula is C22H28N6O2. The maximum Gasteiger partial charge on any atom is 0.293 e. The molecule has 1 N–H and O–H groups in total. The van der Waals surface area contributed by atoms with Gasteiger partial charge in [-0.25, -0.2) is 9.20 Å². The van der Waals surface area contributed by atoms with Crippen molar-refractivity contribution in [2.24, 2.45) is 0 Å². The van der Waals surface area contributed by atoms with Crippen LogP contribution in [0.5, 0.6) is 0 Å². The van der Waals surface area contributed by atoms with Crippen molar-refractivity contribution in [2.45, 2.75) is 39.2 Å². The summed E-state index contributed by atoms with van der Waals surface area (Å²) in [4.78, 5) is 27.7. The van der Waals surface area contributed by atoms with Crippen LogP contribution in [0.1, 0.15) is 31.5 Å². The van der Waals surface area contributed by atoms with E-state index < -0.39 is 0 Å². The quantitative estimate of drug-likeness (QED) is 0.673. The first-order valence-electron chi connectivity index (χ1n) is 10.6. The van der Waals surface area contributed by atoms with Gasteiger partial charge in [-0.15, -0.1) is 0 Å². The number of benzene rings is 1. The molecule has 3 heterocycles. The third kappa shape index (κ3) is 4.59. The molecule has 2 aromatic heterocycles. The summed E-state index contributed by atoms with van der Waals surface area (Å²) < 4.78 is 2.76. The van der Waals surface area contributed by atoms with E-state index in [9.17, 15) is 9.59 Å². The van der Waals surface area contributed by atoms with Crippen LogP contribution in [0.4, 0.5) is 0 Å². The lowest BCUT2D eigenvalue weighted by molar-refractivity contribution is -0.121. The highest BCUT2D eigenvalue weighted by atomic mass is 16.2. The number of nitrogens with one attached hydrogen (secondary N) is 1. The normalized spacial score (nSPS) is 15.2. The highest BCUT2D eigenvalue weighted by Crippen LogP contribution is 2.18. The Hall–Kier alpha value is -3.00. The molecule has 1 aliphatic rings. The predicted octanol–water partition coefficient (Wildman–Crippen LogP) is 1.86. The van der Waals surface area contributed by atoms with Crippen molar-refractivity contribution in [1.29, 1.82) is 0 Å². The SMILES string of the molecule is Cc1nn(CC(=O)NCCN2CCCCCC2)c(=O)c2cc(-c3ccccc3)nn12. The maximum atomic E-state index is 12.9. The van der Waals surface area contributed by atoms with Crippen LogP contribution >= 0.6 is 0 Å². The van der Waals surface area contributed by atoms with Gasteiger partial charge in [-0.05, 0) is 38.9 Å². The van der Waals surface area contributed by atoms with Crippen molar-refractivity contribution in [3.8, 4) is 11.3 Å². The second-order valence-corrected chi connectivity index (χ2v) is 7.81. The molecule has 0 bridgehead atoms. The summed E-state index contributed by atoms with van der Waals surface area (Å²) in [6.45, 7) is 5.30. The lowest BCUT2D eigenvalue weighted by Crippen LogP contribution is -2.39. The zero-order valence-electron chi connectivity index (χ0n) is 17.4. The Labute approximate surface area is 175 Å². The Morgan fingerprint density at radius 1 is 1.07 bits per heavy atom. The number of fused-ring (bicyclic) bond motifs is 1. The fraction of sp³-hybridized carbons (Fsp3) is 0.455. The molecule has 0 radical (unpaired) electrons. The fourth-order valence-electron chi connectivity index (χ4n) is 3.94. The van der Waals surface area contributed by atoms with E-state index in [1.54, 1.807) is 17.5 Å². The summed E-state index contributed by atoms with van der Waals surface area (Å²) >= 11 is 0. The topological polar surface area (TPSA) is 84.5 Å². The summed E-state index contributed by atoms with van der Waals surface area (Å²) in [6, 6.07) is 11.4. The second kappa shape index (κ2) is 9.21. The van der Waals surface area contributed by atoms with Gasteiger partial charge in [0.05, 0.1) is 5.69 Å². The van der Waals surface area contributed by atoms with E-state index in [4.69, 9.17) is 0 Å². The van der Waals surface area contributed by atoms with E-state index >= 15 is 0 Å². The molecule has 1 aromatic carbocycles. The Morgan fingerprint density at radius 2 is 1.80 bits per heavy atom. The van der Waals surface area contributed by atoms with E-state index in [1.807, 2.05) is 30.3 Å². The van der Waals surface area contributed by atoms with Gasteiger partial charge >= 0.3 is 0 Å². The van der Waals surface area contributed by atoms with Gasteiger partial charge in [0.25, 0.3) is 5.56 Å². The van der Waals surface area contributed by atoms with Gasteiger partial charge in [0, 0.05) is 18.7 Å². The molecule has 158 valence electrons. The number of aryl methyl sites for hydroxylation is 1. The molecule has 3 aromatic rings. The molecule has 8 nitrogen and oxygen atoms in total. The van der Waals surface area contributed by atoms with E-state index in [2.05, 4.69) is 20.4 Å². The summed E-state index contributed by atoms with van der Waals surface area (Å²) in [5.74, 6) is 0.357. The third-order valence-corrected chi connectivity index (χ3v) is 5.55. The van der Waals surface area contributed by atoms with Gasteiger partial charge in [0.15, 0.2) is 0 Å². The van der Waals surface area contributed by atoms with Crippen LogP contribution in [-0.2, 0) is 11.3 Å². The number of aromatic nitrogens is 4. The number of hydrogen-bond acceptors (Lipinski definition) is 5. The molecule has 0 spiro atoms. The van der Waals surface area contributed by atoms with E-state index in [0.29, 0.717) is 23.6 Å². The summed E-state index contributed by atoms with van der Waals surface area (Å²) in [6.07, 6.45) is 5.03. The van der Waals surface area contributed by atoms with Crippen LogP contribution in [0.2, 0.25) is 0 Å². The smallest absolute Gasteiger partial charge is 0.293 e. The van der Waals surface area contributed by atoms with Crippen molar-refractivity contribution in [1.82, 2.24) is 29.6 Å². The van der Waals surface area contributed by atoms with Gasteiger partial charge in [-0.3, -0.25) is 9.59 Å². The molecule has 8 heteroatoms. The van der Waals surface area contributed by atoms with Crippen LogP contribution in [0.3, 0.4) is 0 Å². The summed E-state index contributed by atoms with van der Waals surface area (Å²) in [5, 5.41) is 11.7. The minimum Gasteiger partial charge on any atom is -0.353 e. The van der Waals surface area contributed by atoms with Crippen LogP contribution < -0.4 is 10.9 Å². The Morgan fingerprint density at radius 3 is 2.53 bits per heavy atom. The Balaban J connectivity index is 1.44. The average Bonchev–Trinajstić information content (AvgIpc) is 3.05. The van der Waals surface area contributed by atoms with Gasteiger partial charge in [-0.2, -0.15) is 10.2 Å². The lowest BCUT2D eigenvalue weighted by atomic mass is 10.1. The van der Waals surface area contributed by atoms with Crippen LogP contribution in [0.25, 0.3) is 16.8 Å². The van der Waals surface area contributed by atoms with Crippen molar-refractivity contribution < 1.29 is 4.79 Å². The molecule has 4 rings (SSSR count). The first-order valence-corrected chi connectivity index (χ1v) is 10.6. The molecule has 1 saturated heterocycles. The molecule has 0 saturated carbocycles. The molecule has 1 aliphatic heterocycles. The van der Waals surface area contributed by atoms with E-state index in [1.165, 1.54) is 30.4 Å². The molecule has 0 aliphatic carbocycles. The minimum atomic E-state index is -0.321. The third-order valence-electron chi connectivity index (χ3n) is 5.55. The number of nitrogens with zero attached hydrogens (tertiary/aromatic N) is 5. The maximum absolute atomic E-state index is 12.9. The van der Waals surface area contributed by atoms with Crippen LogP contribution in [0, 0.1) is 6.92 Å². The monoisotopic (exact) mass is 408 g/mol. The van der Waals surface area contributed by atoms with Crippen LogP contribution in [-0.4, -0.2) is 56.4 Å². The Kier molecular flexibility index (Phi) is 6.23. The van der Waals surface area contributed by atoms with Crippen LogP contribution in [0.15, 0.2) is 41.2 Å². The molecule has 1 amide bonds. The van der Waals surface area contributed by atoms with E-state index in [0.717, 1.165) is 25.2 Å². The van der Waals surface area contributed by atoms with Crippen molar-refractivity contribution >= 4 is 11.4 Å². The number of amides is 1. The van der Waals surface area contributed by atoms with Gasteiger partial charge < -0.3 is 10.2 Å². The molecule has 0 unspecified atom stereocenters. The highest BCUT2D eigenvalue weighted by molar-refractivity contribution is 5.75. The number of carbonyl (C=O) groups excluding carboxylic acids is 1. The van der Waals surface area contributed by atoms with Crippen molar-refractivity contribution in [3.63, 3.8) is 0 Å². The molecular weight excluding hydrogens is 380 g/mol. The lowest BCUT2D eigenvalue weighted by Gasteiger charge is -2.19. The number of carbonyl (C=O) groups is 1. The first-order chi connectivity index (χ1) is 14.6. The number of hydrogen-bond donors (Lipinski definition) is 1. The number of likely N-dealkylation sites (tertiary alicyclic amines) is 1. The summed E-state index contributed by atoms with van der Waals surface area (Å²) in [7, 11) is 0.